The summed E-state index contributed by atoms with van der Waals surface area (Å²) in [4.78, 5) is 12.0. The number of hydrogen-bond donors (Lipinski definition) is 1. The second-order valence-electron chi connectivity index (χ2n) is 11.9. The van der Waals surface area contributed by atoms with E-state index in [-0.39, 0.29) is 6.84 Å². The molecule has 1 aliphatic carbocycles. The molecule has 4 rings (SSSR count). The number of ether oxygens (including phenoxy) is 4. The van der Waals surface area contributed by atoms with E-state index in [2.05, 4.69) is 76.6 Å². The summed E-state index contributed by atoms with van der Waals surface area (Å²) >= 11 is 3.78. The number of fused-ring (bicyclic) bond motifs is 3. The molecule has 0 unspecified atom stereocenters. The summed E-state index contributed by atoms with van der Waals surface area (Å²) in [5.74, 6) is 0.315. The molecule has 7 heteroatoms. The van der Waals surface area contributed by atoms with E-state index < -0.39 is 0 Å². The van der Waals surface area contributed by atoms with Crippen molar-refractivity contribution < 1.29 is 25.2 Å². The van der Waals surface area contributed by atoms with Crippen molar-refractivity contribution in [2.45, 2.75) is 63.2 Å². The lowest BCUT2D eigenvalue weighted by molar-refractivity contribution is -0.119. The molecule has 1 aliphatic rings. The van der Waals surface area contributed by atoms with Crippen molar-refractivity contribution in [3.63, 3.8) is 0 Å². The molecule has 3 aromatic rings. The van der Waals surface area contributed by atoms with Gasteiger partial charge in [-0.15, -0.1) is 0 Å². The predicted molar refractivity (Wildman–Crippen MR) is 188 cm³/mol. The van der Waals surface area contributed by atoms with Gasteiger partial charge in [0.2, 0.25) is 0 Å². The molecular weight excluding hydrogens is 630 g/mol. The largest absolute Gasteiger partial charge is 0.382 e. The zero-order chi connectivity index (χ0) is 31.9. The van der Waals surface area contributed by atoms with Crippen LogP contribution in [-0.2, 0) is 35.6 Å². The van der Waals surface area contributed by atoms with Crippen LogP contribution in [-0.4, -0.2) is 66.2 Å². The molecule has 0 saturated heterocycles. The number of nitrogens with two attached hydrogens (primary N) is 1. The van der Waals surface area contributed by atoms with Crippen molar-refractivity contribution in [2.24, 2.45) is 5.73 Å². The SMILES string of the molecule is COCCOCCCC1(CCCOCCOC)c2cc(Br)ccc2-c2ccc(-c3ccc(CCCC(=O)CCCN)cc3)cc21.[2HH]. The zero-order valence-electron chi connectivity index (χ0n) is 27.1. The van der Waals surface area contributed by atoms with Crippen molar-refractivity contribution in [3.8, 4) is 22.3 Å². The third kappa shape index (κ3) is 9.80. The van der Waals surface area contributed by atoms with Gasteiger partial charge < -0.3 is 24.7 Å². The van der Waals surface area contributed by atoms with Crippen LogP contribution in [0.1, 0.15) is 69.5 Å². The van der Waals surface area contributed by atoms with Gasteiger partial charge >= 0.3 is 0 Å². The van der Waals surface area contributed by atoms with Gasteiger partial charge in [0.15, 0.2) is 0 Å². The number of benzene rings is 3. The number of halogens is 1. The lowest BCUT2D eigenvalue weighted by Gasteiger charge is -2.33. The average Bonchev–Trinajstić information content (AvgIpc) is 3.31. The first-order valence-corrected chi connectivity index (χ1v) is 17.2. The minimum atomic E-state index is -0.143. The van der Waals surface area contributed by atoms with E-state index >= 15 is 0 Å². The molecule has 0 fully saturated rings. The highest BCUT2D eigenvalue weighted by Gasteiger charge is 2.42. The molecule has 3 aromatic carbocycles. The van der Waals surface area contributed by atoms with E-state index in [0.717, 1.165) is 49.4 Å². The van der Waals surface area contributed by atoms with Gasteiger partial charge in [0.25, 0.3) is 0 Å². The van der Waals surface area contributed by atoms with Crippen LogP contribution < -0.4 is 5.73 Å². The Morgan fingerprint density at radius 2 is 1.29 bits per heavy atom. The summed E-state index contributed by atoms with van der Waals surface area (Å²) in [6.07, 6.45) is 7.66. The summed E-state index contributed by atoms with van der Waals surface area (Å²) in [6, 6.07) is 22.6. The van der Waals surface area contributed by atoms with Crippen molar-refractivity contribution in [1.82, 2.24) is 0 Å². The lowest BCUT2D eigenvalue weighted by atomic mass is 9.71. The Labute approximate surface area is 279 Å². The highest BCUT2D eigenvalue weighted by Crippen LogP contribution is 2.55. The Morgan fingerprint density at radius 3 is 1.91 bits per heavy atom. The molecule has 6 nitrogen and oxygen atoms in total. The highest BCUT2D eigenvalue weighted by atomic mass is 79.9. The Balaban J connectivity index is 0.00000576. The van der Waals surface area contributed by atoms with Gasteiger partial charge in [0.05, 0.1) is 26.4 Å². The Morgan fingerprint density at radius 1 is 0.711 bits per heavy atom. The van der Waals surface area contributed by atoms with Gasteiger partial charge in [-0.25, -0.2) is 0 Å². The first-order valence-electron chi connectivity index (χ1n) is 16.4. The lowest BCUT2D eigenvalue weighted by Crippen LogP contribution is -2.27. The van der Waals surface area contributed by atoms with E-state index in [4.69, 9.17) is 24.7 Å². The second kappa shape index (κ2) is 18.7. The molecule has 0 saturated carbocycles. The Hall–Kier alpha value is -2.39. The molecule has 246 valence electrons. The number of aryl methyl sites for hydroxylation is 1. The number of ketones is 1. The van der Waals surface area contributed by atoms with Crippen LogP contribution in [0.5, 0.6) is 0 Å². The number of carbonyl (C=O) groups excluding carboxylic acids is 1. The standard InChI is InChI=1S/C38H50BrNO5.H2/c1-42-23-25-44-21-5-18-38(19-6-22-45-26-24-43-2)36-27-31(14-16-34(36)35-17-15-32(39)28-37(35)38)30-12-10-29(11-13-30)7-3-8-33(41)9-4-20-40;/h10-17,27-28H,3-9,18-26,40H2,1-2H3;1H/i;1+1. The second-order valence-corrected chi connectivity index (χ2v) is 12.8. The van der Waals surface area contributed by atoms with Crippen LogP contribution in [0.4, 0.5) is 0 Å². The summed E-state index contributed by atoms with van der Waals surface area (Å²) in [7, 11) is 3.41. The van der Waals surface area contributed by atoms with Gasteiger partial charge in [-0.2, -0.15) is 0 Å². The zero-order valence-corrected chi connectivity index (χ0v) is 28.7. The molecule has 2 N–H and O–H groups in total. The summed E-state index contributed by atoms with van der Waals surface area (Å²) in [5.41, 5.74) is 14.5. The average molecular weight is 684 g/mol. The minimum Gasteiger partial charge on any atom is -0.382 e. The van der Waals surface area contributed by atoms with Crippen LogP contribution in [0, 0.1) is 0 Å². The van der Waals surface area contributed by atoms with Crippen molar-refractivity contribution >= 4 is 21.7 Å². The quantitative estimate of drug-likeness (QED) is 0.108. The van der Waals surface area contributed by atoms with E-state index in [9.17, 15) is 4.79 Å². The first-order chi connectivity index (χ1) is 22.0. The molecule has 0 bridgehead atoms. The summed E-state index contributed by atoms with van der Waals surface area (Å²) in [5, 5.41) is 0. The number of carbonyl (C=O) groups is 1. The third-order valence-corrected chi connectivity index (χ3v) is 9.33. The van der Waals surface area contributed by atoms with Crippen LogP contribution in [0.25, 0.3) is 22.3 Å². The van der Waals surface area contributed by atoms with Crippen molar-refractivity contribution in [2.75, 3.05) is 60.4 Å². The van der Waals surface area contributed by atoms with Gasteiger partial charge in [-0.05, 0) is 109 Å². The monoisotopic (exact) mass is 682 g/mol. The number of methoxy groups -OCH3 is 2. The first kappa shape index (κ1) is 35.5. The molecule has 0 aliphatic heterocycles. The smallest absolute Gasteiger partial charge is 0.132 e. The topological polar surface area (TPSA) is 80.0 Å². The predicted octanol–water partition coefficient (Wildman–Crippen LogP) is 8.15. The van der Waals surface area contributed by atoms with Crippen molar-refractivity contribution in [3.05, 3.63) is 81.8 Å². The molecular formula is C38H52BrNO5. The van der Waals surface area contributed by atoms with E-state index in [0.29, 0.717) is 64.8 Å². The Kier molecular flexibility index (Phi) is 14.7. The highest BCUT2D eigenvalue weighted by molar-refractivity contribution is 9.10. The van der Waals surface area contributed by atoms with E-state index in [1.54, 1.807) is 14.2 Å². The van der Waals surface area contributed by atoms with Gasteiger partial charge in [-0.1, -0.05) is 58.4 Å². The van der Waals surface area contributed by atoms with Gasteiger partial charge in [-0.3, -0.25) is 4.79 Å². The van der Waals surface area contributed by atoms with E-state index in [1.807, 2.05) is 0 Å². The molecule has 0 heterocycles. The van der Waals surface area contributed by atoms with Gasteiger partial charge in [0.1, 0.15) is 5.78 Å². The third-order valence-electron chi connectivity index (χ3n) is 8.84. The molecule has 0 aromatic heterocycles. The maximum atomic E-state index is 12.0. The Bertz CT molecular complexity index is 1330. The fourth-order valence-electron chi connectivity index (χ4n) is 6.53. The normalized spacial score (nSPS) is 13.2. The molecule has 0 spiro atoms. The van der Waals surface area contributed by atoms with Crippen LogP contribution >= 0.6 is 15.9 Å². The maximum Gasteiger partial charge on any atom is 0.132 e. The number of Topliss-reactive ketones (excluding diaryl/α,β-unsaturated/α-hetero) is 1. The summed E-state index contributed by atoms with van der Waals surface area (Å²) < 4.78 is 23.3. The molecule has 0 atom stereocenters. The van der Waals surface area contributed by atoms with E-state index in [1.165, 1.54) is 38.9 Å². The number of hydrogen-bond acceptors (Lipinski definition) is 6. The van der Waals surface area contributed by atoms with Gasteiger partial charge in [0, 0.05) is 51.6 Å². The van der Waals surface area contributed by atoms with Crippen LogP contribution in [0.3, 0.4) is 0 Å². The fraction of sp³-hybridized carbons (Fsp3) is 0.500. The number of rotatable bonds is 22. The van der Waals surface area contributed by atoms with Crippen LogP contribution in [0.2, 0.25) is 0 Å². The molecule has 0 radical (unpaired) electrons. The summed E-state index contributed by atoms with van der Waals surface area (Å²) in [6.45, 7) is 4.42. The van der Waals surface area contributed by atoms with Crippen molar-refractivity contribution in [1.29, 1.82) is 0 Å². The maximum absolute atomic E-state index is 12.0. The van der Waals surface area contributed by atoms with Crippen LogP contribution in [0.15, 0.2) is 65.1 Å². The molecule has 45 heavy (non-hydrogen) atoms. The molecule has 0 amide bonds. The fourth-order valence-corrected chi connectivity index (χ4v) is 6.89. The minimum absolute atomic E-state index is 0.